The quantitative estimate of drug-likeness (QED) is 0.148. The lowest BCUT2D eigenvalue weighted by molar-refractivity contribution is -0.137. The molecule has 0 bridgehead atoms. The summed E-state index contributed by atoms with van der Waals surface area (Å²) < 4.78 is 85.9. The molecule has 1 atom stereocenters. The van der Waals surface area contributed by atoms with Crippen molar-refractivity contribution in [3.8, 4) is 5.75 Å². The third kappa shape index (κ3) is 9.07. The minimum Gasteiger partial charge on any atom is -0.493 e. The van der Waals surface area contributed by atoms with E-state index in [1.54, 1.807) is 6.07 Å². The van der Waals surface area contributed by atoms with Crippen LogP contribution in [0.3, 0.4) is 0 Å². The molecule has 0 aliphatic heterocycles. The summed E-state index contributed by atoms with van der Waals surface area (Å²) in [5.41, 5.74) is 1.13. The van der Waals surface area contributed by atoms with Gasteiger partial charge in [-0.2, -0.15) is 13.2 Å². The van der Waals surface area contributed by atoms with E-state index in [2.05, 4.69) is 0 Å². The molecule has 4 aromatic carbocycles. The van der Waals surface area contributed by atoms with Gasteiger partial charge in [-0.05, 0) is 28.8 Å². The number of rotatable bonds is 13. The Kier molecular flexibility index (Phi) is 11.3. The molecule has 0 fully saturated rings. The van der Waals surface area contributed by atoms with Gasteiger partial charge in [-0.3, -0.25) is 4.90 Å². The maximum atomic E-state index is 14.6. The highest BCUT2D eigenvalue weighted by atomic mass is 35.5. The molecular formula is C34H34ClF4NO4S. The van der Waals surface area contributed by atoms with E-state index in [4.69, 9.17) is 16.3 Å². The SMILES string of the molecule is C[C@@H](COc1cc(F)c(CO)c(S(C)(=O)=O)c1)CN(Cc1cccc(C(F)(F)F)c1Cl)CC(c1ccccc1)c1ccccc1. The Balaban J connectivity index is 1.63. The number of benzene rings is 4. The zero-order chi connectivity index (χ0) is 32.8. The first-order valence-electron chi connectivity index (χ1n) is 14.2. The van der Waals surface area contributed by atoms with Gasteiger partial charge in [-0.15, -0.1) is 0 Å². The zero-order valence-corrected chi connectivity index (χ0v) is 26.3. The van der Waals surface area contributed by atoms with Gasteiger partial charge >= 0.3 is 6.18 Å². The minimum atomic E-state index is -4.61. The number of hydrogen-bond donors (Lipinski definition) is 1. The fraction of sp³-hybridized carbons (Fsp3) is 0.294. The molecule has 0 aliphatic rings. The van der Waals surface area contributed by atoms with Gasteiger partial charge in [0, 0.05) is 49.4 Å². The molecule has 0 saturated carbocycles. The molecule has 0 spiro atoms. The van der Waals surface area contributed by atoms with Crippen molar-refractivity contribution in [2.75, 3.05) is 26.0 Å². The van der Waals surface area contributed by atoms with Crippen molar-refractivity contribution < 1.29 is 35.8 Å². The van der Waals surface area contributed by atoms with Crippen LogP contribution >= 0.6 is 11.6 Å². The molecule has 5 nitrogen and oxygen atoms in total. The van der Waals surface area contributed by atoms with Crippen molar-refractivity contribution >= 4 is 21.4 Å². The molecule has 0 saturated heterocycles. The van der Waals surface area contributed by atoms with Crippen LogP contribution in [0.15, 0.2) is 95.9 Å². The number of halogens is 5. The van der Waals surface area contributed by atoms with E-state index in [9.17, 15) is 31.1 Å². The van der Waals surface area contributed by atoms with Crippen LogP contribution in [0.1, 0.15) is 40.7 Å². The van der Waals surface area contributed by atoms with Crippen LogP contribution in [0, 0.1) is 11.7 Å². The van der Waals surface area contributed by atoms with Gasteiger partial charge in [0.2, 0.25) is 0 Å². The molecule has 0 aromatic heterocycles. The second-order valence-corrected chi connectivity index (χ2v) is 13.4. The Morgan fingerprint density at radius 1 is 0.911 bits per heavy atom. The lowest BCUT2D eigenvalue weighted by atomic mass is 9.90. The topological polar surface area (TPSA) is 66.8 Å². The summed E-state index contributed by atoms with van der Waals surface area (Å²) in [6.45, 7) is 2.04. The summed E-state index contributed by atoms with van der Waals surface area (Å²) >= 11 is 6.30. The Bertz CT molecular complexity index is 1650. The van der Waals surface area contributed by atoms with Crippen molar-refractivity contribution in [2.24, 2.45) is 5.92 Å². The Morgan fingerprint density at radius 2 is 1.51 bits per heavy atom. The second kappa shape index (κ2) is 14.8. The summed E-state index contributed by atoms with van der Waals surface area (Å²) in [5, 5.41) is 9.13. The summed E-state index contributed by atoms with van der Waals surface area (Å²) in [6.07, 6.45) is -3.69. The van der Waals surface area contributed by atoms with E-state index in [1.807, 2.05) is 72.5 Å². The standard InChI is InChI=1S/C34H34ClF4NO4S/c1-23(22-44-27-16-31(36)29(21-41)32(17-27)45(2,42)43)18-40(19-26-14-9-15-30(33(26)35)34(37,38)39)20-28(24-10-5-3-6-11-24)25-12-7-4-8-13-25/h3-17,23,28,41H,18-22H2,1-2H3/t23-/m1/s1. The number of aliphatic hydroxyl groups excluding tert-OH is 1. The van der Waals surface area contributed by atoms with Gasteiger partial charge in [-0.25, -0.2) is 12.8 Å². The van der Waals surface area contributed by atoms with E-state index in [0.717, 1.165) is 29.5 Å². The fourth-order valence-electron chi connectivity index (χ4n) is 5.28. The second-order valence-electron chi connectivity index (χ2n) is 11.1. The first-order chi connectivity index (χ1) is 21.3. The number of hydrogen-bond acceptors (Lipinski definition) is 5. The average Bonchev–Trinajstić information content (AvgIpc) is 2.99. The molecule has 4 aromatic rings. The van der Waals surface area contributed by atoms with Gasteiger partial charge in [0.05, 0.1) is 28.7 Å². The number of ether oxygens (including phenoxy) is 1. The minimum absolute atomic E-state index is 0.0177. The van der Waals surface area contributed by atoms with Crippen molar-refractivity contribution in [3.05, 3.63) is 130 Å². The largest absolute Gasteiger partial charge is 0.493 e. The molecular weight excluding hydrogens is 630 g/mol. The van der Waals surface area contributed by atoms with Crippen LogP contribution in [0.25, 0.3) is 0 Å². The Hall–Kier alpha value is -3.44. The molecule has 240 valence electrons. The predicted octanol–water partition coefficient (Wildman–Crippen LogP) is 7.74. The monoisotopic (exact) mass is 663 g/mol. The van der Waals surface area contributed by atoms with Crippen LogP contribution in [0.4, 0.5) is 17.6 Å². The van der Waals surface area contributed by atoms with Crippen molar-refractivity contribution in [2.45, 2.75) is 37.1 Å². The molecule has 11 heteroatoms. The van der Waals surface area contributed by atoms with Crippen LogP contribution in [0.5, 0.6) is 5.75 Å². The smallest absolute Gasteiger partial charge is 0.417 e. The Morgan fingerprint density at radius 3 is 2.04 bits per heavy atom. The van der Waals surface area contributed by atoms with Gasteiger partial charge in [-0.1, -0.05) is 91.3 Å². The summed E-state index contributed by atoms with van der Waals surface area (Å²) in [7, 11) is -3.85. The van der Waals surface area contributed by atoms with E-state index in [0.29, 0.717) is 18.7 Å². The van der Waals surface area contributed by atoms with Gasteiger partial charge in [0.1, 0.15) is 11.6 Å². The van der Waals surface area contributed by atoms with Crippen LogP contribution in [-0.4, -0.2) is 44.4 Å². The number of nitrogens with zero attached hydrogens (tertiary/aromatic N) is 1. The number of alkyl halides is 3. The maximum Gasteiger partial charge on any atom is 0.417 e. The molecule has 4 rings (SSSR count). The molecule has 0 amide bonds. The van der Waals surface area contributed by atoms with E-state index < -0.39 is 34.0 Å². The van der Waals surface area contributed by atoms with Crippen LogP contribution in [-0.2, 0) is 29.2 Å². The summed E-state index contributed by atoms with van der Waals surface area (Å²) in [6, 6.07) is 25.6. The van der Waals surface area contributed by atoms with E-state index in [1.165, 1.54) is 12.1 Å². The molecule has 0 radical (unpaired) electrons. The third-order valence-corrected chi connectivity index (χ3v) is 9.02. The first kappa shape index (κ1) is 34.4. The number of aliphatic hydroxyl groups is 1. The highest BCUT2D eigenvalue weighted by Crippen LogP contribution is 2.37. The first-order valence-corrected chi connectivity index (χ1v) is 16.5. The normalized spacial score (nSPS) is 12.9. The van der Waals surface area contributed by atoms with Crippen LogP contribution < -0.4 is 4.74 Å². The summed E-state index contributed by atoms with van der Waals surface area (Å²) in [5.74, 6) is -1.28. The zero-order valence-electron chi connectivity index (χ0n) is 24.8. The number of sulfone groups is 1. The third-order valence-electron chi connectivity index (χ3n) is 7.41. The molecule has 0 unspecified atom stereocenters. The van der Waals surface area contributed by atoms with E-state index in [-0.39, 0.29) is 46.2 Å². The molecule has 1 N–H and O–H groups in total. The van der Waals surface area contributed by atoms with Gasteiger partial charge in [0.15, 0.2) is 9.84 Å². The molecule has 0 aliphatic carbocycles. The van der Waals surface area contributed by atoms with Gasteiger partial charge < -0.3 is 9.84 Å². The maximum absolute atomic E-state index is 14.6. The van der Waals surface area contributed by atoms with Crippen LogP contribution in [0.2, 0.25) is 5.02 Å². The predicted molar refractivity (Wildman–Crippen MR) is 167 cm³/mol. The average molecular weight is 664 g/mol. The summed E-state index contributed by atoms with van der Waals surface area (Å²) in [4.78, 5) is 1.65. The Labute approximate surface area is 266 Å². The molecule has 0 heterocycles. The van der Waals surface area contributed by atoms with Crippen molar-refractivity contribution in [1.29, 1.82) is 0 Å². The highest BCUT2D eigenvalue weighted by molar-refractivity contribution is 7.90. The van der Waals surface area contributed by atoms with Gasteiger partial charge in [0.25, 0.3) is 0 Å². The lowest BCUT2D eigenvalue weighted by Crippen LogP contribution is -2.34. The highest BCUT2D eigenvalue weighted by Gasteiger charge is 2.34. The van der Waals surface area contributed by atoms with Crippen molar-refractivity contribution in [1.82, 2.24) is 4.90 Å². The fourth-order valence-corrected chi connectivity index (χ4v) is 6.52. The molecule has 45 heavy (non-hydrogen) atoms. The lowest BCUT2D eigenvalue weighted by Gasteiger charge is -2.31. The van der Waals surface area contributed by atoms with Crippen molar-refractivity contribution in [3.63, 3.8) is 0 Å². The van der Waals surface area contributed by atoms with E-state index >= 15 is 0 Å².